The Hall–Kier alpha value is -2.17. The number of hydrogen-bond donors (Lipinski definition) is 2. The summed E-state index contributed by atoms with van der Waals surface area (Å²) in [6.45, 7) is 2.99. The number of carboxylic acid groups (broad SMARTS) is 1. The number of benzene rings is 2. The van der Waals surface area contributed by atoms with Crippen LogP contribution in [0.4, 0.5) is 0 Å². The van der Waals surface area contributed by atoms with E-state index in [1.165, 1.54) is 0 Å². The van der Waals surface area contributed by atoms with Crippen molar-refractivity contribution in [1.29, 1.82) is 0 Å². The average molecular weight is 325 g/mol. The van der Waals surface area contributed by atoms with Gasteiger partial charge in [-0.1, -0.05) is 60.7 Å². The van der Waals surface area contributed by atoms with E-state index in [1.807, 2.05) is 53.4 Å². The molecule has 3 unspecified atom stereocenters. The highest BCUT2D eigenvalue weighted by molar-refractivity contribution is 5.80. The standard InChI is InChI=1S/C20H23NO3/c1-20(19(23)24,17-10-6-3-7-11-17)21-12-16(14-22)18(13-21)15-8-4-2-5-9-15/h2-11,16,18,22H,12-14H2,1H3,(H,23,24). The first-order chi connectivity index (χ1) is 11.6. The Kier molecular flexibility index (Phi) is 4.69. The van der Waals surface area contributed by atoms with Crippen LogP contribution in [-0.2, 0) is 10.3 Å². The Labute approximate surface area is 142 Å². The lowest BCUT2D eigenvalue weighted by Gasteiger charge is -2.35. The predicted octanol–water partition coefficient (Wildman–Crippen LogP) is 2.69. The lowest BCUT2D eigenvalue weighted by atomic mass is 9.89. The SMILES string of the molecule is CC(C(=O)O)(c1ccccc1)N1CC(CO)C(c2ccccc2)C1. The van der Waals surface area contributed by atoms with Crippen LogP contribution in [0.1, 0.15) is 24.0 Å². The maximum atomic E-state index is 12.1. The van der Waals surface area contributed by atoms with Crippen LogP contribution in [0, 0.1) is 5.92 Å². The molecule has 1 aliphatic rings. The van der Waals surface area contributed by atoms with Gasteiger partial charge in [0.25, 0.3) is 0 Å². The molecule has 2 N–H and O–H groups in total. The molecule has 0 radical (unpaired) electrons. The molecule has 4 nitrogen and oxygen atoms in total. The summed E-state index contributed by atoms with van der Waals surface area (Å²) in [6, 6.07) is 19.4. The minimum Gasteiger partial charge on any atom is -0.480 e. The maximum Gasteiger partial charge on any atom is 0.328 e. The number of aliphatic carboxylic acids is 1. The summed E-state index contributed by atoms with van der Waals surface area (Å²) in [4.78, 5) is 14.1. The van der Waals surface area contributed by atoms with Gasteiger partial charge >= 0.3 is 5.97 Å². The largest absolute Gasteiger partial charge is 0.480 e. The van der Waals surface area contributed by atoms with Crippen LogP contribution in [0.3, 0.4) is 0 Å². The molecule has 4 heteroatoms. The predicted molar refractivity (Wildman–Crippen MR) is 92.8 cm³/mol. The van der Waals surface area contributed by atoms with Crippen LogP contribution in [0.5, 0.6) is 0 Å². The molecule has 0 amide bonds. The molecule has 1 heterocycles. The Morgan fingerprint density at radius 2 is 1.67 bits per heavy atom. The first kappa shape index (κ1) is 16.7. The zero-order valence-electron chi connectivity index (χ0n) is 13.8. The van der Waals surface area contributed by atoms with Crippen molar-refractivity contribution >= 4 is 5.97 Å². The van der Waals surface area contributed by atoms with Gasteiger partial charge in [0, 0.05) is 31.5 Å². The summed E-state index contributed by atoms with van der Waals surface area (Å²) >= 11 is 0. The molecule has 3 rings (SSSR count). The molecule has 2 aromatic rings. The molecule has 0 spiro atoms. The number of aliphatic hydroxyl groups excluding tert-OH is 1. The summed E-state index contributed by atoms with van der Waals surface area (Å²) in [6.07, 6.45) is 0. The molecule has 126 valence electrons. The highest BCUT2D eigenvalue weighted by Gasteiger charge is 2.47. The van der Waals surface area contributed by atoms with Gasteiger partial charge < -0.3 is 10.2 Å². The third kappa shape index (κ3) is 2.83. The second-order valence-corrected chi connectivity index (χ2v) is 6.61. The van der Waals surface area contributed by atoms with Crippen LogP contribution in [0.15, 0.2) is 60.7 Å². The summed E-state index contributed by atoms with van der Waals surface area (Å²) in [5, 5.41) is 19.8. The fourth-order valence-corrected chi connectivity index (χ4v) is 3.70. The van der Waals surface area contributed by atoms with Gasteiger partial charge in [0.05, 0.1) is 0 Å². The van der Waals surface area contributed by atoms with E-state index < -0.39 is 11.5 Å². The van der Waals surface area contributed by atoms with Gasteiger partial charge in [0.15, 0.2) is 0 Å². The highest BCUT2D eigenvalue weighted by atomic mass is 16.4. The number of hydrogen-bond acceptors (Lipinski definition) is 3. The van der Waals surface area contributed by atoms with Crippen molar-refractivity contribution in [3.63, 3.8) is 0 Å². The van der Waals surface area contributed by atoms with E-state index >= 15 is 0 Å². The van der Waals surface area contributed by atoms with Crippen LogP contribution >= 0.6 is 0 Å². The number of likely N-dealkylation sites (tertiary alicyclic amines) is 1. The van der Waals surface area contributed by atoms with E-state index in [0.29, 0.717) is 13.1 Å². The number of carbonyl (C=O) groups is 1. The van der Waals surface area contributed by atoms with Gasteiger partial charge in [-0.25, -0.2) is 4.79 Å². The van der Waals surface area contributed by atoms with Crippen molar-refractivity contribution in [2.45, 2.75) is 18.4 Å². The van der Waals surface area contributed by atoms with Gasteiger partial charge in [-0.2, -0.15) is 0 Å². The van der Waals surface area contributed by atoms with Gasteiger partial charge in [-0.15, -0.1) is 0 Å². The van der Waals surface area contributed by atoms with Gasteiger partial charge in [-0.05, 0) is 18.1 Å². The first-order valence-electron chi connectivity index (χ1n) is 8.27. The van der Waals surface area contributed by atoms with E-state index in [1.54, 1.807) is 6.92 Å². The summed E-state index contributed by atoms with van der Waals surface area (Å²) < 4.78 is 0. The Morgan fingerprint density at radius 1 is 1.08 bits per heavy atom. The van der Waals surface area contributed by atoms with Crippen molar-refractivity contribution in [2.75, 3.05) is 19.7 Å². The van der Waals surface area contributed by atoms with Crippen molar-refractivity contribution in [3.8, 4) is 0 Å². The molecule has 0 bridgehead atoms. The number of nitrogens with zero attached hydrogens (tertiary/aromatic N) is 1. The molecule has 24 heavy (non-hydrogen) atoms. The van der Waals surface area contributed by atoms with E-state index in [0.717, 1.165) is 11.1 Å². The quantitative estimate of drug-likeness (QED) is 0.887. The molecule has 0 aromatic heterocycles. The molecule has 0 saturated carbocycles. The topological polar surface area (TPSA) is 60.8 Å². The average Bonchev–Trinajstić information content (AvgIpc) is 3.07. The summed E-state index contributed by atoms with van der Waals surface area (Å²) in [7, 11) is 0. The van der Waals surface area contributed by atoms with E-state index in [-0.39, 0.29) is 18.4 Å². The molecular weight excluding hydrogens is 302 g/mol. The first-order valence-corrected chi connectivity index (χ1v) is 8.27. The van der Waals surface area contributed by atoms with Crippen LogP contribution in [0.25, 0.3) is 0 Å². The van der Waals surface area contributed by atoms with Crippen LogP contribution in [-0.4, -0.2) is 40.8 Å². The smallest absolute Gasteiger partial charge is 0.328 e. The lowest BCUT2D eigenvalue weighted by Crippen LogP contribution is -2.49. The van der Waals surface area contributed by atoms with Crippen LogP contribution < -0.4 is 0 Å². The van der Waals surface area contributed by atoms with Crippen molar-refractivity contribution in [2.24, 2.45) is 5.92 Å². The molecule has 1 fully saturated rings. The Balaban J connectivity index is 1.95. The zero-order chi connectivity index (χ0) is 17.2. The van der Waals surface area contributed by atoms with Crippen LogP contribution in [0.2, 0.25) is 0 Å². The normalized spacial score (nSPS) is 23.8. The van der Waals surface area contributed by atoms with Crippen molar-refractivity contribution < 1.29 is 15.0 Å². The fourth-order valence-electron chi connectivity index (χ4n) is 3.70. The summed E-state index contributed by atoms with van der Waals surface area (Å²) in [5.41, 5.74) is 0.820. The van der Waals surface area contributed by atoms with Crippen molar-refractivity contribution in [1.82, 2.24) is 4.90 Å². The summed E-state index contributed by atoms with van der Waals surface area (Å²) in [5.74, 6) is -0.688. The van der Waals surface area contributed by atoms with E-state index in [4.69, 9.17) is 0 Å². The lowest BCUT2D eigenvalue weighted by molar-refractivity contribution is -0.150. The minimum atomic E-state index is -1.10. The molecule has 1 aliphatic heterocycles. The fraction of sp³-hybridized carbons (Fsp3) is 0.350. The molecular formula is C20H23NO3. The second-order valence-electron chi connectivity index (χ2n) is 6.61. The van der Waals surface area contributed by atoms with Gasteiger partial charge in [-0.3, -0.25) is 4.90 Å². The zero-order valence-corrected chi connectivity index (χ0v) is 13.8. The molecule has 1 saturated heterocycles. The third-order valence-electron chi connectivity index (χ3n) is 5.29. The monoisotopic (exact) mass is 325 g/mol. The van der Waals surface area contributed by atoms with Gasteiger partial charge in [0.1, 0.15) is 5.54 Å². The number of rotatable bonds is 5. The molecule has 0 aliphatic carbocycles. The Bertz CT molecular complexity index is 689. The number of aliphatic hydroxyl groups is 1. The van der Waals surface area contributed by atoms with E-state index in [2.05, 4.69) is 12.1 Å². The molecule has 3 atom stereocenters. The highest BCUT2D eigenvalue weighted by Crippen LogP contribution is 2.40. The second kappa shape index (κ2) is 6.75. The van der Waals surface area contributed by atoms with E-state index in [9.17, 15) is 15.0 Å². The minimum absolute atomic E-state index is 0.0368. The third-order valence-corrected chi connectivity index (χ3v) is 5.29. The molecule has 2 aromatic carbocycles. The Morgan fingerprint density at radius 3 is 2.21 bits per heavy atom. The number of carboxylic acids is 1. The van der Waals surface area contributed by atoms with Gasteiger partial charge in [0.2, 0.25) is 0 Å². The maximum absolute atomic E-state index is 12.1. The van der Waals surface area contributed by atoms with Crippen molar-refractivity contribution in [3.05, 3.63) is 71.8 Å².